The molecule has 4 rings (SSSR count). The molecule has 2 aromatic carbocycles. The van der Waals surface area contributed by atoms with Gasteiger partial charge in [0.05, 0.1) is 6.10 Å². The lowest BCUT2D eigenvalue weighted by Gasteiger charge is -2.09. The summed E-state index contributed by atoms with van der Waals surface area (Å²) in [6.45, 7) is 4.10. The minimum absolute atomic E-state index is 0.0279. The van der Waals surface area contributed by atoms with Gasteiger partial charge in [0.25, 0.3) is 5.91 Å². The van der Waals surface area contributed by atoms with Crippen LogP contribution in [0.25, 0.3) is 22.1 Å². The Bertz CT molecular complexity index is 1040. The molecule has 2 unspecified atom stereocenters. The molecule has 0 bridgehead atoms. The molecule has 3 aromatic rings. The Labute approximate surface area is 150 Å². The fourth-order valence-electron chi connectivity index (χ4n) is 3.15. The molecule has 0 spiro atoms. The van der Waals surface area contributed by atoms with Gasteiger partial charge in [-0.25, -0.2) is 4.79 Å². The quantitative estimate of drug-likeness (QED) is 0.579. The summed E-state index contributed by atoms with van der Waals surface area (Å²) < 4.78 is 10.7. The second-order valence-corrected chi connectivity index (χ2v) is 6.56. The van der Waals surface area contributed by atoms with Crippen LogP contribution in [0.3, 0.4) is 0 Å². The fraction of sp³-hybridized carbons (Fsp3) is 0.238. The van der Waals surface area contributed by atoms with E-state index in [2.05, 4.69) is 5.32 Å². The van der Waals surface area contributed by atoms with Gasteiger partial charge in [-0.15, -0.1) is 0 Å². The van der Waals surface area contributed by atoms with Crippen LogP contribution in [0, 0.1) is 6.92 Å². The number of rotatable bonds is 4. The predicted octanol–water partition coefficient (Wildman–Crippen LogP) is 3.29. The van der Waals surface area contributed by atoms with Crippen molar-refractivity contribution in [1.82, 2.24) is 5.32 Å². The molecular formula is C21H19NO4. The molecule has 2 heterocycles. The predicted molar refractivity (Wildman–Crippen MR) is 99.3 cm³/mol. The molecule has 1 N–H and O–H groups in total. The highest BCUT2D eigenvalue weighted by molar-refractivity contribution is 5.99. The van der Waals surface area contributed by atoms with Gasteiger partial charge < -0.3 is 14.5 Å². The summed E-state index contributed by atoms with van der Waals surface area (Å²) in [5.74, 6) is -0.423. The van der Waals surface area contributed by atoms with E-state index in [0.717, 1.165) is 16.5 Å². The standard InChI is InChI=1S/C21H19NO4/c1-12-16-9-8-15(14-6-4-3-5-7-14)10-17(16)26-21(24)19(12)20(23)22-11-18-13(2)25-18/h3-10,13,18H,11H2,1-2H3,(H,22,23). The monoisotopic (exact) mass is 349 g/mol. The number of nitrogens with one attached hydrogen (secondary N) is 1. The van der Waals surface area contributed by atoms with E-state index in [1.54, 1.807) is 6.92 Å². The topological polar surface area (TPSA) is 71.8 Å². The molecule has 1 saturated heterocycles. The number of aryl methyl sites for hydroxylation is 1. The summed E-state index contributed by atoms with van der Waals surface area (Å²) in [4.78, 5) is 24.8. The normalized spacial score (nSPS) is 18.7. The van der Waals surface area contributed by atoms with Gasteiger partial charge in [0.2, 0.25) is 0 Å². The van der Waals surface area contributed by atoms with Crippen molar-refractivity contribution in [1.29, 1.82) is 0 Å². The van der Waals surface area contributed by atoms with Crippen molar-refractivity contribution >= 4 is 16.9 Å². The number of carbonyl (C=O) groups is 1. The average Bonchev–Trinajstić information content (AvgIpc) is 3.35. The Morgan fingerprint density at radius 3 is 2.54 bits per heavy atom. The van der Waals surface area contributed by atoms with Gasteiger partial charge in [-0.3, -0.25) is 4.79 Å². The number of benzene rings is 2. The number of carbonyl (C=O) groups excluding carboxylic acids is 1. The van der Waals surface area contributed by atoms with E-state index in [0.29, 0.717) is 17.7 Å². The van der Waals surface area contributed by atoms with Crippen LogP contribution in [-0.4, -0.2) is 24.7 Å². The molecule has 5 nitrogen and oxygen atoms in total. The minimum atomic E-state index is -0.623. The summed E-state index contributed by atoms with van der Waals surface area (Å²) in [7, 11) is 0. The smallest absolute Gasteiger partial charge is 0.349 e. The molecule has 1 aromatic heterocycles. The molecule has 1 fully saturated rings. The molecule has 1 amide bonds. The van der Waals surface area contributed by atoms with Crippen LogP contribution in [0.4, 0.5) is 0 Å². The first kappa shape index (κ1) is 16.5. The first-order valence-electron chi connectivity index (χ1n) is 8.61. The molecule has 2 atom stereocenters. The van der Waals surface area contributed by atoms with Crippen LogP contribution in [0.2, 0.25) is 0 Å². The van der Waals surface area contributed by atoms with Crippen LogP contribution in [0.15, 0.2) is 57.7 Å². The maximum atomic E-state index is 12.4. The Balaban J connectivity index is 1.70. The molecule has 1 aliphatic heterocycles. The highest BCUT2D eigenvalue weighted by Crippen LogP contribution is 2.26. The van der Waals surface area contributed by atoms with Gasteiger partial charge in [-0.05, 0) is 36.6 Å². The van der Waals surface area contributed by atoms with Gasteiger partial charge in [0.15, 0.2) is 0 Å². The van der Waals surface area contributed by atoms with E-state index in [9.17, 15) is 9.59 Å². The molecule has 5 heteroatoms. The van der Waals surface area contributed by atoms with E-state index in [1.165, 1.54) is 0 Å². The number of ether oxygens (including phenoxy) is 1. The van der Waals surface area contributed by atoms with Crippen molar-refractivity contribution in [2.75, 3.05) is 6.54 Å². The fourth-order valence-corrected chi connectivity index (χ4v) is 3.15. The number of amides is 1. The van der Waals surface area contributed by atoms with Gasteiger partial charge in [0.1, 0.15) is 17.3 Å². The Kier molecular flexibility index (Phi) is 4.09. The number of hydrogen-bond donors (Lipinski definition) is 1. The van der Waals surface area contributed by atoms with E-state index >= 15 is 0 Å². The SMILES string of the molecule is Cc1c(C(=O)NCC2OC2C)c(=O)oc2cc(-c3ccccc3)ccc12. The Morgan fingerprint density at radius 2 is 1.85 bits per heavy atom. The first-order valence-corrected chi connectivity index (χ1v) is 8.61. The van der Waals surface area contributed by atoms with Gasteiger partial charge in [-0.1, -0.05) is 42.5 Å². The largest absolute Gasteiger partial charge is 0.422 e. The van der Waals surface area contributed by atoms with Crippen molar-refractivity contribution < 1.29 is 13.9 Å². The third kappa shape index (κ3) is 3.02. The summed E-state index contributed by atoms with van der Waals surface area (Å²) >= 11 is 0. The lowest BCUT2D eigenvalue weighted by Crippen LogP contribution is -2.32. The lowest BCUT2D eigenvalue weighted by molar-refractivity contribution is 0.0946. The summed E-state index contributed by atoms with van der Waals surface area (Å²) in [5.41, 5.74) is 2.52. The molecule has 0 aliphatic carbocycles. The zero-order valence-electron chi connectivity index (χ0n) is 14.6. The zero-order valence-corrected chi connectivity index (χ0v) is 14.6. The van der Waals surface area contributed by atoms with Gasteiger partial charge in [-0.2, -0.15) is 0 Å². The highest BCUT2D eigenvalue weighted by Gasteiger charge is 2.34. The van der Waals surface area contributed by atoms with Crippen LogP contribution < -0.4 is 10.9 Å². The molecular weight excluding hydrogens is 330 g/mol. The van der Waals surface area contributed by atoms with Crippen molar-refractivity contribution in [3.63, 3.8) is 0 Å². The maximum Gasteiger partial charge on any atom is 0.349 e. The van der Waals surface area contributed by atoms with Gasteiger partial charge >= 0.3 is 5.63 Å². The Morgan fingerprint density at radius 1 is 1.12 bits per heavy atom. The zero-order chi connectivity index (χ0) is 18.3. The van der Waals surface area contributed by atoms with Crippen molar-refractivity contribution in [3.8, 4) is 11.1 Å². The van der Waals surface area contributed by atoms with Crippen molar-refractivity contribution in [3.05, 3.63) is 70.1 Å². The van der Waals surface area contributed by atoms with E-state index in [4.69, 9.17) is 9.15 Å². The second kappa shape index (κ2) is 6.42. The van der Waals surface area contributed by atoms with E-state index < -0.39 is 11.5 Å². The minimum Gasteiger partial charge on any atom is -0.422 e. The average molecular weight is 349 g/mol. The lowest BCUT2D eigenvalue weighted by atomic mass is 10.0. The van der Waals surface area contributed by atoms with Crippen molar-refractivity contribution in [2.24, 2.45) is 0 Å². The molecule has 0 radical (unpaired) electrons. The van der Waals surface area contributed by atoms with Crippen LogP contribution in [0.5, 0.6) is 0 Å². The number of fused-ring (bicyclic) bond motifs is 1. The molecule has 26 heavy (non-hydrogen) atoms. The number of hydrogen-bond acceptors (Lipinski definition) is 4. The van der Waals surface area contributed by atoms with Gasteiger partial charge in [0, 0.05) is 11.9 Å². The Hall–Kier alpha value is -2.92. The second-order valence-electron chi connectivity index (χ2n) is 6.56. The van der Waals surface area contributed by atoms with E-state index in [-0.39, 0.29) is 17.8 Å². The van der Waals surface area contributed by atoms with Crippen molar-refractivity contribution in [2.45, 2.75) is 26.1 Å². The maximum absolute atomic E-state index is 12.4. The van der Waals surface area contributed by atoms with E-state index in [1.807, 2.05) is 55.5 Å². The number of epoxide rings is 1. The molecule has 0 saturated carbocycles. The third-order valence-corrected chi connectivity index (χ3v) is 4.80. The molecule has 132 valence electrons. The third-order valence-electron chi connectivity index (χ3n) is 4.80. The van der Waals surface area contributed by atoms with Crippen LogP contribution in [-0.2, 0) is 4.74 Å². The molecule has 1 aliphatic rings. The summed E-state index contributed by atoms with van der Waals surface area (Å²) in [6, 6.07) is 15.5. The summed E-state index contributed by atoms with van der Waals surface area (Å²) in [5, 5.41) is 3.51. The highest BCUT2D eigenvalue weighted by atomic mass is 16.6. The van der Waals surface area contributed by atoms with Crippen LogP contribution in [0.1, 0.15) is 22.8 Å². The van der Waals surface area contributed by atoms with Crippen LogP contribution >= 0.6 is 0 Å². The first-order chi connectivity index (χ1) is 12.5. The summed E-state index contributed by atoms with van der Waals surface area (Å²) in [6.07, 6.45) is 0.181.